The number of carbonyl (C=O) groups excluding carboxylic acids is 1. The number of pyridine rings is 1. The molecule has 6 atom stereocenters. The lowest BCUT2D eigenvalue weighted by Crippen LogP contribution is -2.65. The fourth-order valence-electron chi connectivity index (χ4n) is 8.95. The van der Waals surface area contributed by atoms with Gasteiger partial charge in [0.2, 0.25) is 5.88 Å². The molecule has 0 unspecified atom stereocenters. The summed E-state index contributed by atoms with van der Waals surface area (Å²) >= 11 is 6.48. The van der Waals surface area contributed by atoms with Crippen molar-refractivity contribution < 1.29 is 41.3 Å². The third-order valence-electron chi connectivity index (χ3n) is 11.1. The van der Waals surface area contributed by atoms with Gasteiger partial charge in [-0.3, -0.25) is 9.80 Å². The molecule has 3 aromatic rings. The van der Waals surface area contributed by atoms with E-state index in [1.165, 1.54) is 6.92 Å². The summed E-state index contributed by atoms with van der Waals surface area (Å²) in [5.41, 5.74) is 1.97. The molecule has 2 N–H and O–H groups in total. The topological polar surface area (TPSA) is 128 Å². The number of anilines is 2. The van der Waals surface area contributed by atoms with Crippen LogP contribution in [0.3, 0.4) is 0 Å². The normalized spacial score (nSPS) is 27.0. The van der Waals surface area contributed by atoms with Crippen LogP contribution in [-0.2, 0) is 15.7 Å². The number of amides is 1. The molecular formula is C36H42ClF4N7O5. The maximum Gasteiger partial charge on any atom is 0.417 e. The first kappa shape index (κ1) is 36.1. The summed E-state index contributed by atoms with van der Waals surface area (Å²) in [6, 6.07) is 0.117. The second-order valence-corrected chi connectivity index (χ2v) is 16.0. The summed E-state index contributed by atoms with van der Waals surface area (Å²) in [7, 11) is 0. The van der Waals surface area contributed by atoms with Crippen LogP contribution < -0.4 is 20.1 Å². The first-order valence-corrected chi connectivity index (χ1v) is 18.4. The number of piperazine rings is 1. The number of aryl methyl sites for hydroxylation is 1. The van der Waals surface area contributed by atoms with Gasteiger partial charge in [0.25, 0.3) is 0 Å². The summed E-state index contributed by atoms with van der Waals surface area (Å²) in [5.74, 6) is -1.07. The van der Waals surface area contributed by atoms with Gasteiger partial charge in [0.05, 0.1) is 47.6 Å². The zero-order valence-electron chi connectivity index (χ0n) is 30.1. The van der Waals surface area contributed by atoms with Crippen LogP contribution in [0.4, 0.5) is 33.9 Å². The molecule has 0 spiro atoms. The fourth-order valence-corrected chi connectivity index (χ4v) is 9.19. The molecule has 5 aliphatic heterocycles. The quantitative estimate of drug-likeness (QED) is 0.235. The number of nitrogen functional groups attached to an aromatic ring is 1. The third-order valence-corrected chi connectivity index (χ3v) is 11.5. The Morgan fingerprint density at radius 2 is 1.87 bits per heavy atom. The highest BCUT2D eigenvalue weighted by Gasteiger charge is 2.54. The Morgan fingerprint density at radius 1 is 1.11 bits per heavy atom. The molecule has 4 saturated heterocycles. The van der Waals surface area contributed by atoms with Gasteiger partial charge in [0, 0.05) is 30.7 Å². The van der Waals surface area contributed by atoms with E-state index in [0.29, 0.717) is 32.6 Å². The molecule has 5 aliphatic rings. The highest BCUT2D eigenvalue weighted by atomic mass is 35.5. The van der Waals surface area contributed by atoms with Gasteiger partial charge in [0.1, 0.15) is 40.7 Å². The molecular weight excluding hydrogens is 722 g/mol. The molecule has 0 aliphatic carbocycles. The first-order valence-electron chi connectivity index (χ1n) is 18.0. The maximum absolute atomic E-state index is 17.1. The Kier molecular flexibility index (Phi) is 8.76. The average Bonchev–Trinajstić information content (AvgIpc) is 3.60. The second kappa shape index (κ2) is 12.9. The van der Waals surface area contributed by atoms with Crippen molar-refractivity contribution >= 4 is 40.1 Å². The number of aromatic nitrogens is 3. The number of hydrogen-bond donors (Lipinski definition) is 1. The molecule has 53 heavy (non-hydrogen) atoms. The van der Waals surface area contributed by atoms with Crippen LogP contribution in [-0.4, -0.2) is 106 Å². The van der Waals surface area contributed by atoms with Crippen molar-refractivity contribution in [2.75, 3.05) is 43.5 Å². The van der Waals surface area contributed by atoms with Crippen molar-refractivity contribution in [1.82, 2.24) is 24.8 Å². The Morgan fingerprint density at radius 3 is 2.60 bits per heavy atom. The first-order chi connectivity index (χ1) is 25.0. The summed E-state index contributed by atoms with van der Waals surface area (Å²) in [6.45, 7) is 10.9. The summed E-state index contributed by atoms with van der Waals surface area (Å²) < 4.78 is 85.3. The van der Waals surface area contributed by atoms with E-state index in [1.807, 2.05) is 4.90 Å². The zero-order valence-corrected chi connectivity index (χ0v) is 30.9. The van der Waals surface area contributed by atoms with E-state index < -0.39 is 57.7 Å². The van der Waals surface area contributed by atoms with E-state index in [0.717, 1.165) is 25.5 Å². The number of alkyl halides is 3. The number of benzene rings is 1. The van der Waals surface area contributed by atoms with Crippen LogP contribution in [0.25, 0.3) is 22.2 Å². The van der Waals surface area contributed by atoms with Crippen LogP contribution >= 0.6 is 11.6 Å². The molecule has 4 fully saturated rings. The zero-order chi connectivity index (χ0) is 37.7. The third kappa shape index (κ3) is 6.14. The number of nitrogens with two attached hydrogens (primary N) is 1. The van der Waals surface area contributed by atoms with E-state index in [9.17, 15) is 18.0 Å². The van der Waals surface area contributed by atoms with E-state index in [-0.39, 0.29) is 70.6 Å². The molecule has 286 valence electrons. The number of halogens is 5. The van der Waals surface area contributed by atoms with Gasteiger partial charge in [-0.25, -0.2) is 14.2 Å². The van der Waals surface area contributed by atoms with Crippen LogP contribution in [0.2, 0.25) is 5.02 Å². The fraction of sp³-hybridized carbons (Fsp3) is 0.611. The number of ether oxygens (including phenoxy) is 4. The van der Waals surface area contributed by atoms with Crippen molar-refractivity contribution in [3.8, 4) is 23.1 Å². The maximum atomic E-state index is 17.1. The standard InChI is InChI=1S/C36H42ClF4N7O5/c1-16-12-21(42)26(37)23(25(16)36(39,40)41)28-27(38)29-24-31(45-33(44-29)51-15-20-7-6-19-14-50-11-10-46(19)20)47-13-18-8-9-22(30(47)17(2)52-32(24)43-28)48(18)34(49)53-35(3,4)5/h12,17-20,22,30H,6-11,13-15,42H2,1-5H3/t17-,18+,19-,20-,22-,30+/m0/s1. The van der Waals surface area contributed by atoms with Gasteiger partial charge in [0.15, 0.2) is 5.82 Å². The predicted octanol–water partition coefficient (Wildman–Crippen LogP) is 6.37. The number of rotatable bonds is 4. The summed E-state index contributed by atoms with van der Waals surface area (Å²) in [5, 5.41) is -0.421. The second-order valence-electron chi connectivity index (χ2n) is 15.6. The van der Waals surface area contributed by atoms with E-state index >= 15 is 4.39 Å². The van der Waals surface area contributed by atoms with Crippen molar-refractivity contribution in [3.05, 3.63) is 28.0 Å². The summed E-state index contributed by atoms with van der Waals surface area (Å²) in [4.78, 5) is 33.4. The predicted molar refractivity (Wildman–Crippen MR) is 188 cm³/mol. The lowest BCUT2D eigenvalue weighted by molar-refractivity contribution is -0.137. The van der Waals surface area contributed by atoms with E-state index in [4.69, 9.17) is 41.3 Å². The smallest absolute Gasteiger partial charge is 0.417 e. The molecule has 8 rings (SSSR count). The minimum atomic E-state index is -4.93. The lowest BCUT2D eigenvalue weighted by Gasteiger charge is -2.48. The average molecular weight is 764 g/mol. The van der Waals surface area contributed by atoms with Crippen molar-refractivity contribution in [1.29, 1.82) is 0 Å². The van der Waals surface area contributed by atoms with Crippen LogP contribution in [0.1, 0.15) is 64.5 Å². The number of carbonyl (C=O) groups is 1. The molecule has 1 aromatic carbocycles. The Bertz CT molecular complexity index is 1980. The molecule has 7 heterocycles. The molecule has 0 saturated carbocycles. The van der Waals surface area contributed by atoms with Gasteiger partial charge in [-0.1, -0.05) is 11.6 Å². The van der Waals surface area contributed by atoms with Crippen LogP contribution in [0.5, 0.6) is 11.9 Å². The van der Waals surface area contributed by atoms with Gasteiger partial charge in [-0.2, -0.15) is 23.1 Å². The van der Waals surface area contributed by atoms with Gasteiger partial charge in [-0.05, 0) is 71.9 Å². The molecule has 0 radical (unpaired) electrons. The lowest BCUT2D eigenvalue weighted by atomic mass is 9.96. The molecule has 2 bridgehead atoms. The van der Waals surface area contributed by atoms with Crippen molar-refractivity contribution in [3.63, 3.8) is 0 Å². The number of nitrogens with zero attached hydrogens (tertiary/aromatic N) is 6. The monoisotopic (exact) mass is 763 g/mol. The molecule has 12 nitrogen and oxygen atoms in total. The van der Waals surface area contributed by atoms with Gasteiger partial charge in [-0.15, -0.1) is 0 Å². The molecule has 1 amide bonds. The van der Waals surface area contributed by atoms with Crippen molar-refractivity contribution in [2.24, 2.45) is 0 Å². The Labute approximate surface area is 308 Å². The molecule has 17 heteroatoms. The minimum Gasteiger partial charge on any atom is -0.472 e. The highest BCUT2D eigenvalue weighted by Crippen LogP contribution is 2.50. The van der Waals surface area contributed by atoms with Crippen LogP contribution in [0, 0.1) is 12.7 Å². The van der Waals surface area contributed by atoms with E-state index in [2.05, 4.69) is 14.9 Å². The minimum absolute atomic E-state index is 0.0449. The number of hydrogen-bond acceptors (Lipinski definition) is 11. The summed E-state index contributed by atoms with van der Waals surface area (Å²) in [6.07, 6.45) is -2.96. The SMILES string of the molecule is Cc1cc(N)c(Cl)c(-c2nc3c4c(nc(OC[C@@H]5CC[C@H]6COCCN65)nc4c2F)N2C[C@H]4CC[C@@H]([C@H]2[C@H](C)O3)N4C(=O)OC(C)(C)C)c1C(F)(F)F. The molecule has 2 aromatic heterocycles. The Hall–Kier alpha value is -3.89. The van der Waals surface area contributed by atoms with Gasteiger partial charge < -0.3 is 29.6 Å². The Balaban J connectivity index is 1.28. The largest absolute Gasteiger partial charge is 0.472 e. The van der Waals surface area contributed by atoms with Crippen LogP contribution in [0.15, 0.2) is 6.07 Å². The van der Waals surface area contributed by atoms with E-state index in [1.54, 1.807) is 32.6 Å². The number of fused-ring (bicyclic) bond motifs is 6. The highest BCUT2D eigenvalue weighted by molar-refractivity contribution is 6.36. The van der Waals surface area contributed by atoms with Gasteiger partial charge >= 0.3 is 18.3 Å². The van der Waals surface area contributed by atoms with Crippen molar-refractivity contribution in [2.45, 2.75) is 108 Å². The number of morpholine rings is 1.